The van der Waals surface area contributed by atoms with E-state index in [1.165, 1.54) is 12.1 Å². The molecule has 0 atom stereocenters. The summed E-state index contributed by atoms with van der Waals surface area (Å²) in [6, 6.07) is 6.60. The third kappa shape index (κ3) is 2.62. The first-order valence-corrected chi connectivity index (χ1v) is 5.22. The molecule has 1 aromatic carbocycles. The summed E-state index contributed by atoms with van der Waals surface area (Å²) in [6.45, 7) is 0. The zero-order chi connectivity index (χ0) is 14.0. The Labute approximate surface area is 105 Å². The number of aromatic nitrogens is 1. The van der Waals surface area contributed by atoms with Gasteiger partial charge in [0.05, 0.1) is 11.3 Å². The third-order valence-electron chi connectivity index (χ3n) is 2.51. The number of aldehydes is 1. The van der Waals surface area contributed by atoms with E-state index in [4.69, 9.17) is 0 Å². The van der Waals surface area contributed by atoms with Crippen LogP contribution < -0.4 is 0 Å². The van der Waals surface area contributed by atoms with Gasteiger partial charge in [0, 0.05) is 11.1 Å². The van der Waals surface area contributed by atoms with Gasteiger partial charge in [-0.25, -0.2) is 4.98 Å². The number of rotatable bonds is 2. The quantitative estimate of drug-likeness (QED) is 0.472. The zero-order valence-electron chi connectivity index (χ0n) is 9.41. The van der Waals surface area contributed by atoms with Gasteiger partial charge in [-0.3, -0.25) is 4.79 Å². The molecule has 98 valence electrons. The first kappa shape index (κ1) is 13.2. The molecule has 19 heavy (non-hydrogen) atoms. The minimum atomic E-state index is -4.61. The van der Waals surface area contributed by atoms with Gasteiger partial charge in [-0.2, -0.15) is 17.6 Å². The second-order valence-corrected chi connectivity index (χ2v) is 3.73. The number of carbonyl (C=O) groups excluding carboxylic acids is 1. The Bertz CT molecular complexity index is 622. The van der Waals surface area contributed by atoms with E-state index in [0.717, 1.165) is 24.3 Å². The molecule has 0 unspecified atom stereocenters. The summed E-state index contributed by atoms with van der Waals surface area (Å²) >= 11 is 0. The lowest BCUT2D eigenvalue weighted by Gasteiger charge is -2.13. The predicted octanol–water partition coefficient (Wildman–Crippen LogP) is 3.72. The average molecular weight is 269 g/mol. The molecule has 0 aliphatic heterocycles. The second-order valence-electron chi connectivity index (χ2n) is 3.73. The molecule has 2 rings (SSSR count). The van der Waals surface area contributed by atoms with Gasteiger partial charge in [0.25, 0.3) is 0 Å². The van der Waals surface area contributed by atoms with Crippen LogP contribution in [0.25, 0.3) is 11.3 Å². The fraction of sp³-hybridized carbons (Fsp3) is 0.0769. The Hall–Kier alpha value is -2.24. The minimum Gasteiger partial charge on any atom is -0.298 e. The number of benzene rings is 1. The van der Waals surface area contributed by atoms with Crippen LogP contribution in [0.1, 0.15) is 15.9 Å². The van der Waals surface area contributed by atoms with Crippen molar-refractivity contribution in [3.8, 4) is 11.3 Å². The average Bonchev–Trinajstić information content (AvgIpc) is 2.37. The van der Waals surface area contributed by atoms with E-state index in [0.29, 0.717) is 6.29 Å². The SMILES string of the molecule is O=Cc1ccc(F)nc1-c1ccccc1C(F)(F)F. The van der Waals surface area contributed by atoms with E-state index in [2.05, 4.69) is 4.98 Å². The van der Waals surface area contributed by atoms with Crippen molar-refractivity contribution in [1.29, 1.82) is 0 Å². The van der Waals surface area contributed by atoms with Gasteiger partial charge in [0.2, 0.25) is 5.95 Å². The first-order chi connectivity index (χ1) is 8.93. The first-order valence-electron chi connectivity index (χ1n) is 5.22. The molecule has 0 saturated carbocycles. The molecule has 6 heteroatoms. The number of nitrogens with zero attached hydrogens (tertiary/aromatic N) is 1. The molecule has 1 aromatic heterocycles. The predicted molar refractivity (Wildman–Crippen MR) is 60.0 cm³/mol. The zero-order valence-corrected chi connectivity index (χ0v) is 9.41. The monoisotopic (exact) mass is 269 g/mol. The standard InChI is InChI=1S/C13H7F4NO/c14-11-6-5-8(7-19)12(18-11)9-3-1-2-4-10(9)13(15,16)17/h1-7H. The van der Waals surface area contributed by atoms with E-state index < -0.39 is 17.7 Å². The van der Waals surface area contributed by atoms with Crippen LogP contribution in [0.5, 0.6) is 0 Å². The summed E-state index contributed by atoms with van der Waals surface area (Å²) in [6.07, 6.45) is -4.26. The van der Waals surface area contributed by atoms with Gasteiger partial charge in [0.1, 0.15) is 0 Å². The van der Waals surface area contributed by atoms with Gasteiger partial charge in [-0.15, -0.1) is 0 Å². The highest BCUT2D eigenvalue weighted by Crippen LogP contribution is 2.37. The molecular formula is C13H7F4NO. The summed E-state index contributed by atoms with van der Waals surface area (Å²) < 4.78 is 51.7. The summed E-state index contributed by atoms with van der Waals surface area (Å²) in [7, 11) is 0. The van der Waals surface area contributed by atoms with Gasteiger partial charge in [0.15, 0.2) is 6.29 Å². The van der Waals surface area contributed by atoms with Crippen molar-refractivity contribution in [3.05, 3.63) is 53.5 Å². The number of carbonyl (C=O) groups is 1. The van der Waals surface area contributed by atoms with Crippen LogP contribution in [0.3, 0.4) is 0 Å². The molecule has 2 aromatic rings. The molecular weight excluding hydrogens is 262 g/mol. The van der Waals surface area contributed by atoms with Crippen molar-refractivity contribution < 1.29 is 22.4 Å². The van der Waals surface area contributed by atoms with Crippen LogP contribution in [-0.2, 0) is 6.18 Å². The van der Waals surface area contributed by atoms with Gasteiger partial charge >= 0.3 is 6.18 Å². The van der Waals surface area contributed by atoms with Crippen LogP contribution >= 0.6 is 0 Å². The van der Waals surface area contributed by atoms with E-state index in [-0.39, 0.29) is 16.8 Å². The molecule has 0 radical (unpaired) electrons. The van der Waals surface area contributed by atoms with Gasteiger partial charge < -0.3 is 0 Å². The number of halogens is 4. The van der Waals surface area contributed by atoms with Gasteiger partial charge in [-0.1, -0.05) is 18.2 Å². The normalized spacial score (nSPS) is 11.4. The van der Waals surface area contributed by atoms with E-state index in [9.17, 15) is 22.4 Å². The summed E-state index contributed by atoms with van der Waals surface area (Å²) in [5.41, 5.74) is -1.70. The Morgan fingerprint density at radius 1 is 1.05 bits per heavy atom. The van der Waals surface area contributed by atoms with Crippen molar-refractivity contribution in [2.24, 2.45) is 0 Å². The van der Waals surface area contributed by atoms with Crippen molar-refractivity contribution in [2.75, 3.05) is 0 Å². The molecule has 0 aliphatic rings. The highest BCUT2D eigenvalue weighted by atomic mass is 19.4. The maximum absolute atomic E-state index is 13.1. The van der Waals surface area contributed by atoms with Crippen LogP contribution in [0.4, 0.5) is 17.6 Å². The lowest BCUT2D eigenvalue weighted by molar-refractivity contribution is -0.137. The number of hydrogen-bond donors (Lipinski definition) is 0. The molecule has 1 heterocycles. The van der Waals surface area contributed by atoms with Crippen molar-refractivity contribution in [1.82, 2.24) is 4.98 Å². The van der Waals surface area contributed by atoms with Crippen molar-refractivity contribution in [3.63, 3.8) is 0 Å². The lowest BCUT2D eigenvalue weighted by atomic mass is 10.0. The molecule has 0 amide bonds. The Morgan fingerprint density at radius 3 is 2.37 bits per heavy atom. The van der Waals surface area contributed by atoms with Crippen LogP contribution in [0, 0.1) is 5.95 Å². The molecule has 2 nitrogen and oxygen atoms in total. The topological polar surface area (TPSA) is 30.0 Å². The summed E-state index contributed by atoms with van der Waals surface area (Å²) in [4.78, 5) is 14.2. The van der Waals surface area contributed by atoms with Crippen LogP contribution in [0.2, 0.25) is 0 Å². The Kier molecular flexibility index (Phi) is 3.33. The smallest absolute Gasteiger partial charge is 0.298 e. The largest absolute Gasteiger partial charge is 0.417 e. The maximum atomic E-state index is 13.1. The third-order valence-corrected chi connectivity index (χ3v) is 2.51. The summed E-state index contributed by atoms with van der Waals surface area (Å²) in [5.74, 6) is -0.947. The fourth-order valence-electron chi connectivity index (χ4n) is 1.69. The lowest BCUT2D eigenvalue weighted by Crippen LogP contribution is -2.08. The highest BCUT2D eigenvalue weighted by Gasteiger charge is 2.34. The Morgan fingerprint density at radius 2 is 1.74 bits per heavy atom. The molecule has 0 aliphatic carbocycles. The Balaban J connectivity index is 2.72. The van der Waals surface area contributed by atoms with E-state index >= 15 is 0 Å². The van der Waals surface area contributed by atoms with Gasteiger partial charge in [-0.05, 0) is 18.2 Å². The molecule has 0 saturated heterocycles. The number of pyridine rings is 1. The molecule has 0 N–H and O–H groups in total. The van der Waals surface area contributed by atoms with Crippen LogP contribution in [-0.4, -0.2) is 11.3 Å². The second kappa shape index (κ2) is 4.79. The maximum Gasteiger partial charge on any atom is 0.417 e. The number of hydrogen-bond acceptors (Lipinski definition) is 2. The van der Waals surface area contributed by atoms with E-state index in [1.807, 2.05) is 0 Å². The van der Waals surface area contributed by atoms with E-state index in [1.54, 1.807) is 0 Å². The minimum absolute atomic E-state index is 0.0990. The van der Waals surface area contributed by atoms with Crippen molar-refractivity contribution >= 4 is 6.29 Å². The highest BCUT2D eigenvalue weighted by molar-refractivity contribution is 5.86. The van der Waals surface area contributed by atoms with Crippen molar-refractivity contribution in [2.45, 2.75) is 6.18 Å². The summed E-state index contributed by atoms with van der Waals surface area (Å²) in [5, 5.41) is 0. The number of alkyl halides is 3. The molecule has 0 bridgehead atoms. The fourth-order valence-corrected chi connectivity index (χ4v) is 1.69. The molecule has 0 fully saturated rings. The van der Waals surface area contributed by atoms with Crippen LogP contribution in [0.15, 0.2) is 36.4 Å². The molecule has 0 spiro atoms.